The first kappa shape index (κ1) is 12.4. The van der Waals surface area contributed by atoms with Crippen molar-refractivity contribution >= 4 is 22.9 Å². The van der Waals surface area contributed by atoms with Gasteiger partial charge in [-0.2, -0.15) is 5.10 Å². The summed E-state index contributed by atoms with van der Waals surface area (Å²) < 4.78 is 7.53. The molecule has 1 unspecified atom stereocenters. The Labute approximate surface area is 108 Å². The molecule has 0 radical (unpaired) electrons. The third-order valence-electron chi connectivity index (χ3n) is 2.54. The second kappa shape index (κ2) is 4.68. The maximum Gasteiger partial charge on any atom is 0.217 e. The molecule has 1 N–H and O–H groups in total. The molecule has 0 saturated carbocycles. The number of hydrogen-bond donors (Lipinski definition) is 1. The highest BCUT2D eigenvalue weighted by Crippen LogP contribution is 2.36. The molecule has 0 aliphatic rings. The van der Waals surface area contributed by atoms with E-state index in [-0.39, 0.29) is 0 Å². The molecule has 2 heterocycles. The van der Waals surface area contributed by atoms with Crippen molar-refractivity contribution in [3.8, 4) is 5.88 Å². The molecule has 0 saturated heterocycles. The minimum atomic E-state index is -0.754. The molecule has 2 aromatic heterocycles. The highest BCUT2D eigenvalue weighted by atomic mass is 35.5. The fraction of sp³-hybridized carbons (Fsp3) is 0.364. The molecular formula is C11H13ClN2O2S. The average molecular weight is 273 g/mol. The van der Waals surface area contributed by atoms with Crippen molar-refractivity contribution in [1.82, 2.24) is 9.78 Å². The van der Waals surface area contributed by atoms with Crippen LogP contribution >= 0.6 is 22.9 Å². The smallest absolute Gasteiger partial charge is 0.217 e. The maximum absolute atomic E-state index is 10.3. The summed E-state index contributed by atoms with van der Waals surface area (Å²) in [4.78, 5) is 0.782. The number of aryl methyl sites for hydroxylation is 2. The Bertz CT molecular complexity index is 536. The van der Waals surface area contributed by atoms with E-state index >= 15 is 0 Å². The van der Waals surface area contributed by atoms with Gasteiger partial charge in [-0.15, -0.1) is 11.3 Å². The Morgan fingerprint density at radius 1 is 1.53 bits per heavy atom. The maximum atomic E-state index is 10.3. The van der Waals surface area contributed by atoms with E-state index in [2.05, 4.69) is 5.10 Å². The number of aliphatic hydroxyl groups excluding tert-OH is 1. The SMILES string of the molecule is COc1c(C(O)c2ccc(Cl)s2)c(C)nn1C. The Morgan fingerprint density at radius 3 is 2.76 bits per heavy atom. The fourth-order valence-corrected chi connectivity index (χ4v) is 2.88. The number of ether oxygens (including phenoxy) is 1. The molecule has 0 spiro atoms. The summed E-state index contributed by atoms with van der Waals surface area (Å²) in [5.74, 6) is 0.569. The summed E-state index contributed by atoms with van der Waals surface area (Å²) in [6.07, 6.45) is -0.754. The summed E-state index contributed by atoms with van der Waals surface area (Å²) in [6.45, 7) is 1.84. The van der Waals surface area contributed by atoms with Gasteiger partial charge in [0.25, 0.3) is 0 Å². The first-order chi connectivity index (χ1) is 8.04. The van der Waals surface area contributed by atoms with Gasteiger partial charge in [-0.05, 0) is 19.1 Å². The third-order valence-corrected chi connectivity index (χ3v) is 3.83. The number of rotatable bonds is 3. The van der Waals surface area contributed by atoms with Crippen LogP contribution in [0.1, 0.15) is 22.2 Å². The van der Waals surface area contributed by atoms with Crippen molar-refractivity contribution in [2.45, 2.75) is 13.0 Å². The molecule has 2 rings (SSSR count). The van der Waals surface area contributed by atoms with Crippen molar-refractivity contribution in [3.05, 3.63) is 32.6 Å². The van der Waals surface area contributed by atoms with E-state index < -0.39 is 6.10 Å². The fourth-order valence-electron chi connectivity index (χ4n) is 1.83. The first-order valence-electron chi connectivity index (χ1n) is 5.05. The average Bonchev–Trinajstić information content (AvgIpc) is 2.81. The summed E-state index contributed by atoms with van der Waals surface area (Å²) in [7, 11) is 3.34. The van der Waals surface area contributed by atoms with Gasteiger partial charge in [0.2, 0.25) is 5.88 Å². The van der Waals surface area contributed by atoms with E-state index in [0.717, 1.165) is 10.6 Å². The van der Waals surface area contributed by atoms with Gasteiger partial charge in [0.05, 0.1) is 22.7 Å². The van der Waals surface area contributed by atoms with E-state index in [0.29, 0.717) is 15.8 Å². The quantitative estimate of drug-likeness (QED) is 0.934. The van der Waals surface area contributed by atoms with Crippen LogP contribution < -0.4 is 4.74 Å². The highest BCUT2D eigenvalue weighted by molar-refractivity contribution is 7.16. The zero-order chi connectivity index (χ0) is 12.6. The van der Waals surface area contributed by atoms with Crippen molar-refractivity contribution in [1.29, 1.82) is 0 Å². The van der Waals surface area contributed by atoms with Crippen LogP contribution in [-0.4, -0.2) is 22.0 Å². The van der Waals surface area contributed by atoms with Crippen LogP contribution in [-0.2, 0) is 7.05 Å². The molecule has 2 aromatic rings. The summed E-state index contributed by atoms with van der Waals surface area (Å²) in [5, 5.41) is 14.6. The van der Waals surface area contributed by atoms with E-state index in [1.54, 1.807) is 24.9 Å². The number of methoxy groups -OCH3 is 1. The van der Waals surface area contributed by atoms with Gasteiger partial charge in [0, 0.05) is 11.9 Å². The molecule has 0 aliphatic carbocycles. The van der Waals surface area contributed by atoms with Gasteiger partial charge >= 0.3 is 0 Å². The molecule has 92 valence electrons. The Balaban J connectivity index is 2.46. The van der Waals surface area contributed by atoms with Crippen LogP contribution in [0, 0.1) is 6.92 Å². The van der Waals surface area contributed by atoms with E-state index in [9.17, 15) is 5.11 Å². The van der Waals surface area contributed by atoms with Crippen LogP contribution in [0.2, 0.25) is 4.34 Å². The van der Waals surface area contributed by atoms with Gasteiger partial charge in [0.1, 0.15) is 6.10 Å². The zero-order valence-electron chi connectivity index (χ0n) is 9.77. The molecule has 0 aromatic carbocycles. The summed E-state index contributed by atoms with van der Waals surface area (Å²) in [5.41, 5.74) is 1.44. The number of hydrogen-bond acceptors (Lipinski definition) is 4. The second-order valence-electron chi connectivity index (χ2n) is 3.68. The number of halogens is 1. The standard InChI is InChI=1S/C11H13ClN2O2S/c1-6-9(11(16-3)14(2)13-6)10(15)7-4-5-8(12)17-7/h4-5,10,15H,1-3H3. The normalized spacial score (nSPS) is 12.8. The van der Waals surface area contributed by atoms with Crippen LogP contribution in [0.25, 0.3) is 0 Å². The lowest BCUT2D eigenvalue weighted by atomic mass is 10.1. The lowest BCUT2D eigenvalue weighted by Crippen LogP contribution is -2.02. The van der Waals surface area contributed by atoms with Crippen molar-refractivity contribution < 1.29 is 9.84 Å². The number of aromatic nitrogens is 2. The minimum Gasteiger partial charge on any atom is -0.481 e. The van der Waals surface area contributed by atoms with Gasteiger partial charge in [0.15, 0.2) is 0 Å². The molecule has 1 atom stereocenters. The molecule has 0 amide bonds. The zero-order valence-corrected chi connectivity index (χ0v) is 11.3. The highest BCUT2D eigenvalue weighted by Gasteiger charge is 2.23. The van der Waals surface area contributed by atoms with Crippen LogP contribution in [0.3, 0.4) is 0 Å². The molecule has 6 heteroatoms. The Hall–Kier alpha value is -1.04. The van der Waals surface area contributed by atoms with E-state index in [4.69, 9.17) is 16.3 Å². The molecule has 4 nitrogen and oxygen atoms in total. The van der Waals surface area contributed by atoms with E-state index in [1.807, 2.05) is 13.0 Å². The van der Waals surface area contributed by atoms with Crippen LogP contribution in [0.5, 0.6) is 5.88 Å². The largest absolute Gasteiger partial charge is 0.481 e. The monoisotopic (exact) mass is 272 g/mol. The predicted octanol–water partition coefficient (Wildman–Crippen LogP) is 2.53. The van der Waals surface area contributed by atoms with Crippen molar-refractivity contribution in [3.63, 3.8) is 0 Å². The van der Waals surface area contributed by atoms with Gasteiger partial charge in [-0.1, -0.05) is 11.6 Å². The van der Waals surface area contributed by atoms with Crippen LogP contribution in [0.15, 0.2) is 12.1 Å². The topological polar surface area (TPSA) is 47.3 Å². The Kier molecular flexibility index (Phi) is 3.42. The molecule has 0 aliphatic heterocycles. The number of nitrogens with zero attached hydrogens (tertiary/aromatic N) is 2. The molecule has 0 bridgehead atoms. The van der Waals surface area contributed by atoms with E-state index in [1.165, 1.54) is 11.3 Å². The minimum absolute atomic E-state index is 0.569. The molecular weight excluding hydrogens is 260 g/mol. The van der Waals surface area contributed by atoms with Gasteiger partial charge in [-0.25, -0.2) is 4.68 Å². The Morgan fingerprint density at radius 2 is 2.24 bits per heavy atom. The number of thiophene rings is 1. The lowest BCUT2D eigenvalue weighted by molar-refractivity contribution is 0.216. The molecule has 17 heavy (non-hydrogen) atoms. The second-order valence-corrected chi connectivity index (χ2v) is 5.42. The van der Waals surface area contributed by atoms with Crippen molar-refractivity contribution in [2.75, 3.05) is 7.11 Å². The van der Waals surface area contributed by atoms with Gasteiger partial charge in [-0.3, -0.25) is 0 Å². The summed E-state index contributed by atoms with van der Waals surface area (Å²) in [6, 6.07) is 3.58. The lowest BCUT2D eigenvalue weighted by Gasteiger charge is -2.10. The summed E-state index contributed by atoms with van der Waals surface area (Å²) >= 11 is 7.22. The predicted molar refractivity (Wildman–Crippen MR) is 67.9 cm³/mol. The van der Waals surface area contributed by atoms with Crippen LogP contribution in [0.4, 0.5) is 0 Å². The molecule has 0 fully saturated rings. The first-order valence-corrected chi connectivity index (χ1v) is 6.24. The third kappa shape index (κ3) is 2.18. The van der Waals surface area contributed by atoms with Crippen molar-refractivity contribution in [2.24, 2.45) is 7.05 Å². The van der Waals surface area contributed by atoms with Gasteiger partial charge < -0.3 is 9.84 Å². The number of aliphatic hydroxyl groups is 1.